The molecule has 0 spiro atoms. The SMILES string of the molecule is C[SiH2]OC(OC(C)=O)OC(C)=O. The van der Waals surface area contributed by atoms with E-state index in [1.807, 2.05) is 6.55 Å². The van der Waals surface area contributed by atoms with E-state index in [0.29, 0.717) is 0 Å². The highest BCUT2D eigenvalue weighted by molar-refractivity contribution is 6.24. The van der Waals surface area contributed by atoms with Crippen LogP contribution in [0.3, 0.4) is 0 Å². The lowest BCUT2D eigenvalue weighted by atomic mass is 10.8. The highest BCUT2D eigenvalue weighted by Crippen LogP contribution is 1.97. The third kappa shape index (κ3) is 5.87. The molecule has 12 heavy (non-hydrogen) atoms. The third-order valence-corrected chi connectivity index (χ3v) is 1.43. The molecule has 0 aliphatic rings. The fourth-order valence-corrected chi connectivity index (χ4v) is 0.907. The van der Waals surface area contributed by atoms with Gasteiger partial charge in [-0.2, -0.15) is 0 Å². The van der Waals surface area contributed by atoms with Crippen molar-refractivity contribution in [2.24, 2.45) is 0 Å². The zero-order valence-electron chi connectivity index (χ0n) is 7.33. The summed E-state index contributed by atoms with van der Waals surface area (Å²) >= 11 is 0. The molecule has 0 bridgehead atoms. The first-order valence-corrected chi connectivity index (χ1v) is 5.51. The maximum atomic E-state index is 10.4. The van der Waals surface area contributed by atoms with Gasteiger partial charge in [-0.15, -0.1) is 0 Å². The number of rotatable bonds is 4. The van der Waals surface area contributed by atoms with E-state index in [4.69, 9.17) is 4.43 Å². The summed E-state index contributed by atoms with van der Waals surface area (Å²) in [5, 5.41) is 0. The molecule has 0 fully saturated rings. The monoisotopic (exact) mass is 192 g/mol. The first-order valence-electron chi connectivity index (χ1n) is 3.52. The number of carbonyl (C=O) groups excluding carboxylic acids is 2. The van der Waals surface area contributed by atoms with Crippen LogP contribution in [0.1, 0.15) is 13.8 Å². The van der Waals surface area contributed by atoms with Crippen LogP contribution in [0, 0.1) is 0 Å². The minimum absolute atomic E-state index is 0.538. The van der Waals surface area contributed by atoms with Gasteiger partial charge >= 0.3 is 18.4 Å². The predicted octanol–water partition coefficient (Wildman–Crippen LogP) is -0.455. The van der Waals surface area contributed by atoms with Gasteiger partial charge in [-0.3, -0.25) is 9.59 Å². The summed E-state index contributed by atoms with van der Waals surface area (Å²) in [5.74, 6) is -1.08. The topological polar surface area (TPSA) is 61.8 Å². The Morgan fingerprint density at radius 3 is 1.83 bits per heavy atom. The van der Waals surface area contributed by atoms with Crippen LogP contribution >= 0.6 is 0 Å². The smallest absolute Gasteiger partial charge is 0.354 e. The summed E-state index contributed by atoms with van der Waals surface area (Å²) in [5.41, 5.74) is 0. The van der Waals surface area contributed by atoms with Gasteiger partial charge in [0.2, 0.25) is 0 Å². The molecule has 0 saturated heterocycles. The van der Waals surface area contributed by atoms with Gasteiger partial charge in [-0.25, -0.2) is 0 Å². The summed E-state index contributed by atoms with van der Waals surface area (Å²) in [6.45, 7) is 3.12. The Kier molecular flexibility index (Phi) is 5.31. The molecule has 5 nitrogen and oxygen atoms in total. The second-order valence-electron chi connectivity index (χ2n) is 1.96. The largest absolute Gasteiger partial charge is 0.401 e. The Morgan fingerprint density at radius 2 is 1.58 bits per heavy atom. The molecule has 0 amide bonds. The molecular formula is C6H12O5Si. The Hall–Kier alpha value is -0.883. The quantitative estimate of drug-likeness (QED) is 0.343. The van der Waals surface area contributed by atoms with Crippen LogP contribution in [0.2, 0.25) is 6.55 Å². The average molecular weight is 192 g/mol. The van der Waals surface area contributed by atoms with Crippen molar-refractivity contribution in [1.29, 1.82) is 0 Å². The van der Waals surface area contributed by atoms with Gasteiger partial charge in [0.1, 0.15) is 0 Å². The molecule has 0 radical (unpaired) electrons. The van der Waals surface area contributed by atoms with Gasteiger partial charge < -0.3 is 13.9 Å². The molecule has 0 aromatic carbocycles. The highest BCUT2D eigenvalue weighted by Gasteiger charge is 2.13. The van der Waals surface area contributed by atoms with Gasteiger partial charge in [-0.05, 0) is 0 Å². The lowest BCUT2D eigenvalue weighted by molar-refractivity contribution is -0.233. The van der Waals surface area contributed by atoms with Crippen LogP contribution < -0.4 is 0 Å². The third-order valence-electron chi connectivity index (χ3n) is 0.827. The van der Waals surface area contributed by atoms with Crippen molar-refractivity contribution in [3.05, 3.63) is 0 Å². The molecule has 0 rings (SSSR count). The normalized spacial score (nSPS) is 10.7. The van der Waals surface area contributed by atoms with Crippen molar-refractivity contribution in [3.63, 3.8) is 0 Å². The lowest BCUT2D eigenvalue weighted by Gasteiger charge is -2.15. The van der Waals surface area contributed by atoms with Crippen molar-refractivity contribution in [1.82, 2.24) is 0 Å². The van der Waals surface area contributed by atoms with Gasteiger partial charge in [-0.1, -0.05) is 6.55 Å². The minimum Gasteiger partial charge on any atom is -0.401 e. The molecule has 70 valence electrons. The van der Waals surface area contributed by atoms with Crippen molar-refractivity contribution in [2.75, 3.05) is 0 Å². The van der Waals surface area contributed by atoms with Crippen LogP contribution in [0.4, 0.5) is 0 Å². The van der Waals surface area contributed by atoms with Crippen LogP contribution in [0.25, 0.3) is 0 Å². The molecule has 0 atom stereocenters. The van der Waals surface area contributed by atoms with Crippen LogP contribution in [-0.4, -0.2) is 28.2 Å². The molecule has 0 aromatic heterocycles. The summed E-state index contributed by atoms with van der Waals surface area (Å²) in [7, 11) is -0.774. The minimum atomic E-state index is -1.16. The van der Waals surface area contributed by atoms with Crippen molar-refractivity contribution in [2.45, 2.75) is 26.9 Å². The van der Waals surface area contributed by atoms with E-state index < -0.39 is 28.2 Å². The molecule has 0 aliphatic carbocycles. The van der Waals surface area contributed by atoms with Crippen molar-refractivity contribution >= 4 is 21.7 Å². The van der Waals surface area contributed by atoms with E-state index in [2.05, 4.69) is 9.47 Å². The fraction of sp³-hybridized carbons (Fsp3) is 0.667. The summed E-state index contributed by atoms with van der Waals surface area (Å²) in [6, 6.07) is 0. The molecule has 0 heterocycles. The molecular weight excluding hydrogens is 180 g/mol. The Bertz CT molecular complexity index is 153. The molecule has 0 unspecified atom stereocenters. The molecule has 0 saturated carbocycles. The lowest BCUT2D eigenvalue weighted by Crippen LogP contribution is -2.26. The first kappa shape index (κ1) is 11.1. The van der Waals surface area contributed by atoms with E-state index >= 15 is 0 Å². The zero-order valence-corrected chi connectivity index (χ0v) is 8.74. The van der Waals surface area contributed by atoms with Gasteiger partial charge in [0.25, 0.3) is 0 Å². The highest BCUT2D eigenvalue weighted by atomic mass is 28.2. The first-order chi connectivity index (χ1) is 5.56. The Balaban J connectivity index is 3.85. The summed E-state index contributed by atoms with van der Waals surface area (Å²) in [4.78, 5) is 20.9. The second-order valence-corrected chi connectivity index (χ2v) is 2.87. The van der Waals surface area contributed by atoms with Crippen molar-refractivity contribution in [3.8, 4) is 0 Å². The van der Waals surface area contributed by atoms with E-state index in [-0.39, 0.29) is 0 Å². The average Bonchev–Trinajstić information content (AvgIpc) is 1.84. The maximum absolute atomic E-state index is 10.4. The second kappa shape index (κ2) is 5.73. The van der Waals surface area contributed by atoms with E-state index in [9.17, 15) is 9.59 Å². The Labute approximate surface area is 72.9 Å². The summed E-state index contributed by atoms with van der Waals surface area (Å²) < 4.78 is 14.0. The zero-order chi connectivity index (χ0) is 9.56. The van der Waals surface area contributed by atoms with Gasteiger partial charge in [0.05, 0.1) is 0 Å². The standard InChI is InChI=1S/C6H12O5Si/c1-4(7)9-6(11-12-3)10-5(2)8/h6H,12H2,1-3H3. The number of esters is 2. The number of ether oxygens (including phenoxy) is 2. The molecule has 0 aromatic rings. The van der Waals surface area contributed by atoms with Crippen molar-refractivity contribution < 1.29 is 23.5 Å². The van der Waals surface area contributed by atoms with Gasteiger partial charge in [0.15, 0.2) is 9.76 Å². The van der Waals surface area contributed by atoms with Crippen LogP contribution in [0.5, 0.6) is 0 Å². The predicted molar refractivity (Wildman–Crippen MR) is 42.8 cm³/mol. The van der Waals surface area contributed by atoms with Gasteiger partial charge in [0, 0.05) is 13.8 Å². The molecule has 0 aliphatic heterocycles. The molecule has 0 N–H and O–H groups in total. The number of hydrogen-bond donors (Lipinski definition) is 0. The fourth-order valence-electron chi connectivity index (χ4n) is 0.499. The maximum Gasteiger partial charge on any atom is 0.354 e. The van der Waals surface area contributed by atoms with E-state index in [1.165, 1.54) is 13.8 Å². The van der Waals surface area contributed by atoms with Crippen LogP contribution in [-0.2, 0) is 23.5 Å². The Morgan fingerprint density at radius 1 is 1.17 bits per heavy atom. The van der Waals surface area contributed by atoms with E-state index in [0.717, 1.165) is 0 Å². The van der Waals surface area contributed by atoms with Crippen LogP contribution in [0.15, 0.2) is 0 Å². The number of carbonyl (C=O) groups is 2. The van der Waals surface area contributed by atoms with E-state index in [1.54, 1.807) is 0 Å². The number of hydrogen-bond acceptors (Lipinski definition) is 5. The molecule has 6 heteroatoms. The summed E-state index contributed by atoms with van der Waals surface area (Å²) in [6.07, 6.45) is 0.